The molecule has 2 fully saturated rings. The van der Waals surface area contributed by atoms with Crippen LogP contribution in [-0.2, 0) is 0 Å². The van der Waals surface area contributed by atoms with E-state index in [9.17, 15) is 4.79 Å². The highest BCUT2D eigenvalue weighted by atomic mass is 35.5. The predicted octanol–water partition coefficient (Wildman–Crippen LogP) is 4.11. The molecule has 108 valence electrons. The molecule has 0 unspecified atom stereocenters. The van der Waals surface area contributed by atoms with Crippen LogP contribution < -0.4 is 0 Å². The van der Waals surface area contributed by atoms with Crippen molar-refractivity contribution in [3.8, 4) is 0 Å². The van der Waals surface area contributed by atoms with Crippen molar-refractivity contribution < 1.29 is 4.79 Å². The maximum Gasteiger partial charge on any atom is 0.196 e. The zero-order chi connectivity index (χ0) is 14.4. The molecule has 1 aromatic carbocycles. The Hall–Kier alpha value is -1.33. The summed E-state index contributed by atoms with van der Waals surface area (Å²) >= 11 is 7.79. The highest BCUT2D eigenvalue weighted by molar-refractivity contribution is 7.99. The fourth-order valence-corrected chi connectivity index (χ4v) is 3.64. The van der Waals surface area contributed by atoms with Crippen LogP contribution in [0, 0.1) is 0 Å². The number of rotatable bonds is 5. The Morgan fingerprint density at radius 3 is 2.67 bits per heavy atom. The quantitative estimate of drug-likeness (QED) is 0.778. The van der Waals surface area contributed by atoms with E-state index in [0.717, 1.165) is 22.2 Å². The minimum Gasteiger partial charge on any atom is -0.302 e. The standard InChI is InChI=1S/C15H14ClN3OS/c16-12-7-9(8-20)1-6-13(12)21-15-18-17-14(10-2-3-10)19(15)11-4-5-11/h1,6-8,10-11H,2-5H2. The molecular formula is C15H14ClN3OS. The highest BCUT2D eigenvalue weighted by Gasteiger charge is 2.36. The van der Waals surface area contributed by atoms with Gasteiger partial charge >= 0.3 is 0 Å². The number of aromatic nitrogens is 3. The Bertz CT molecular complexity index is 707. The fraction of sp³-hybridized carbons (Fsp3) is 0.400. The average molecular weight is 320 g/mol. The van der Waals surface area contributed by atoms with E-state index in [1.54, 1.807) is 12.1 Å². The van der Waals surface area contributed by atoms with Crippen LogP contribution in [0.1, 0.15) is 53.8 Å². The van der Waals surface area contributed by atoms with E-state index in [0.29, 0.717) is 22.5 Å². The summed E-state index contributed by atoms with van der Waals surface area (Å²) < 4.78 is 2.30. The second-order valence-corrected chi connectivity index (χ2v) is 7.04. The molecule has 0 atom stereocenters. The van der Waals surface area contributed by atoms with Gasteiger partial charge in [0.05, 0.1) is 5.02 Å². The van der Waals surface area contributed by atoms with E-state index in [2.05, 4.69) is 14.8 Å². The zero-order valence-corrected chi connectivity index (χ0v) is 12.9. The topological polar surface area (TPSA) is 47.8 Å². The maximum atomic E-state index is 10.8. The van der Waals surface area contributed by atoms with Gasteiger partial charge in [-0.05, 0) is 49.6 Å². The molecule has 6 heteroatoms. The SMILES string of the molecule is O=Cc1ccc(Sc2nnc(C3CC3)n2C2CC2)c(Cl)c1. The first kappa shape index (κ1) is 13.3. The second kappa shape index (κ2) is 5.14. The van der Waals surface area contributed by atoms with E-state index >= 15 is 0 Å². The summed E-state index contributed by atoms with van der Waals surface area (Å²) in [4.78, 5) is 11.7. The lowest BCUT2D eigenvalue weighted by Crippen LogP contribution is -2.01. The van der Waals surface area contributed by atoms with Gasteiger partial charge in [-0.15, -0.1) is 10.2 Å². The Balaban J connectivity index is 1.66. The van der Waals surface area contributed by atoms with Gasteiger partial charge in [0, 0.05) is 22.4 Å². The molecule has 21 heavy (non-hydrogen) atoms. The first-order valence-corrected chi connectivity index (χ1v) is 8.33. The molecule has 1 heterocycles. The van der Waals surface area contributed by atoms with Gasteiger partial charge in [0.15, 0.2) is 5.16 Å². The first-order chi connectivity index (χ1) is 10.3. The van der Waals surface area contributed by atoms with Crippen molar-refractivity contribution in [2.45, 2.75) is 47.7 Å². The minimum atomic E-state index is 0.561. The van der Waals surface area contributed by atoms with E-state index in [4.69, 9.17) is 11.6 Å². The molecule has 2 aromatic rings. The Kier molecular flexibility index (Phi) is 3.27. The predicted molar refractivity (Wildman–Crippen MR) is 81.2 cm³/mol. The summed E-state index contributed by atoms with van der Waals surface area (Å²) in [5.74, 6) is 1.74. The van der Waals surface area contributed by atoms with Crippen molar-refractivity contribution >= 4 is 29.6 Å². The number of aldehydes is 1. The lowest BCUT2D eigenvalue weighted by Gasteiger charge is -2.09. The molecule has 0 aliphatic heterocycles. The lowest BCUT2D eigenvalue weighted by molar-refractivity contribution is 0.112. The van der Waals surface area contributed by atoms with Crippen LogP contribution >= 0.6 is 23.4 Å². The van der Waals surface area contributed by atoms with Crippen molar-refractivity contribution in [1.29, 1.82) is 0 Å². The molecule has 2 aliphatic rings. The average Bonchev–Trinajstić information content (AvgIpc) is 3.40. The molecular weight excluding hydrogens is 306 g/mol. The minimum absolute atomic E-state index is 0.561. The van der Waals surface area contributed by atoms with Gasteiger partial charge in [-0.1, -0.05) is 17.7 Å². The monoisotopic (exact) mass is 319 g/mol. The molecule has 0 amide bonds. The van der Waals surface area contributed by atoms with Crippen LogP contribution in [0.3, 0.4) is 0 Å². The molecule has 0 saturated heterocycles. The maximum absolute atomic E-state index is 10.8. The van der Waals surface area contributed by atoms with Crippen LogP contribution in [0.25, 0.3) is 0 Å². The number of carbonyl (C=O) groups is 1. The van der Waals surface area contributed by atoms with Gasteiger partial charge in [0.1, 0.15) is 12.1 Å². The van der Waals surface area contributed by atoms with Gasteiger partial charge in [0.25, 0.3) is 0 Å². The summed E-state index contributed by atoms with van der Waals surface area (Å²) in [6.45, 7) is 0. The third-order valence-corrected chi connectivity index (χ3v) is 5.30. The van der Waals surface area contributed by atoms with E-state index < -0.39 is 0 Å². The third kappa shape index (κ3) is 2.60. The Morgan fingerprint density at radius 1 is 1.24 bits per heavy atom. The van der Waals surface area contributed by atoms with Gasteiger partial charge in [-0.2, -0.15) is 0 Å². The molecule has 2 aliphatic carbocycles. The number of halogens is 1. The summed E-state index contributed by atoms with van der Waals surface area (Å²) in [5, 5.41) is 10.3. The van der Waals surface area contributed by atoms with E-state index in [1.165, 1.54) is 37.4 Å². The van der Waals surface area contributed by atoms with Crippen LogP contribution in [0.4, 0.5) is 0 Å². The van der Waals surface area contributed by atoms with Crippen molar-refractivity contribution in [2.75, 3.05) is 0 Å². The van der Waals surface area contributed by atoms with Gasteiger partial charge < -0.3 is 4.57 Å². The zero-order valence-electron chi connectivity index (χ0n) is 11.3. The Labute approximate surface area is 131 Å². The molecule has 4 rings (SSSR count). The summed E-state index contributed by atoms with van der Waals surface area (Å²) in [7, 11) is 0. The van der Waals surface area contributed by atoms with Gasteiger partial charge in [-0.3, -0.25) is 4.79 Å². The third-order valence-electron chi connectivity index (χ3n) is 3.84. The Morgan fingerprint density at radius 2 is 2.05 bits per heavy atom. The van der Waals surface area contributed by atoms with Crippen LogP contribution in [0.15, 0.2) is 28.3 Å². The second-order valence-electron chi connectivity index (χ2n) is 5.63. The van der Waals surface area contributed by atoms with Crippen molar-refractivity contribution in [2.24, 2.45) is 0 Å². The van der Waals surface area contributed by atoms with Crippen molar-refractivity contribution in [3.05, 3.63) is 34.6 Å². The number of nitrogens with zero attached hydrogens (tertiary/aromatic N) is 3. The van der Waals surface area contributed by atoms with Gasteiger partial charge in [0.2, 0.25) is 0 Å². The number of benzene rings is 1. The number of carbonyl (C=O) groups excluding carboxylic acids is 1. The van der Waals surface area contributed by atoms with E-state index in [1.807, 2.05) is 6.07 Å². The largest absolute Gasteiger partial charge is 0.302 e. The normalized spacial score (nSPS) is 18.0. The molecule has 0 radical (unpaired) electrons. The number of hydrogen-bond donors (Lipinski definition) is 0. The van der Waals surface area contributed by atoms with Crippen LogP contribution in [0.2, 0.25) is 5.02 Å². The number of hydrogen-bond acceptors (Lipinski definition) is 4. The van der Waals surface area contributed by atoms with Crippen molar-refractivity contribution in [1.82, 2.24) is 14.8 Å². The highest BCUT2D eigenvalue weighted by Crippen LogP contribution is 2.47. The van der Waals surface area contributed by atoms with Gasteiger partial charge in [-0.25, -0.2) is 0 Å². The summed E-state index contributed by atoms with van der Waals surface area (Å²) in [6.07, 6.45) is 5.68. The van der Waals surface area contributed by atoms with Crippen molar-refractivity contribution in [3.63, 3.8) is 0 Å². The van der Waals surface area contributed by atoms with E-state index in [-0.39, 0.29) is 0 Å². The molecule has 0 N–H and O–H groups in total. The first-order valence-electron chi connectivity index (χ1n) is 7.13. The lowest BCUT2D eigenvalue weighted by atomic mass is 10.2. The van der Waals surface area contributed by atoms with Crippen LogP contribution in [0.5, 0.6) is 0 Å². The fourth-order valence-electron chi connectivity index (χ4n) is 2.43. The molecule has 0 spiro atoms. The smallest absolute Gasteiger partial charge is 0.196 e. The van der Waals surface area contributed by atoms with Crippen LogP contribution in [-0.4, -0.2) is 21.1 Å². The summed E-state index contributed by atoms with van der Waals surface area (Å²) in [5.41, 5.74) is 0.590. The molecule has 2 saturated carbocycles. The molecule has 4 nitrogen and oxygen atoms in total. The molecule has 0 bridgehead atoms. The summed E-state index contributed by atoms with van der Waals surface area (Å²) in [6, 6.07) is 5.91. The molecule has 1 aromatic heterocycles.